The van der Waals surface area contributed by atoms with Crippen LogP contribution in [-0.2, 0) is 0 Å². The van der Waals surface area contributed by atoms with E-state index in [4.69, 9.17) is 34.8 Å². The fourth-order valence-corrected chi connectivity index (χ4v) is 5.20. The molecule has 0 N–H and O–H groups in total. The van der Waals surface area contributed by atoms with E-state index in [-0.39, 0.29) is 10.2 Å². The van der Waals surface area contributed by atoms with Crippen molar-refractivity contribution in [2.75, 3.05) is 0 Å². The van der Waals surface area contributed by atoms with Crippen LogP contribution in [0.15, 0.2) is 0 Å². The van der Waals surface area contributed by atoms with Crippen LogP contribution >= 0.6 is 62.1 Å². The topological polar surface area (TPSA) is 0 Å². The Balaban J connectivity index is 2.62. The summed E-state index contributed by atoms with van der Waals surface area (Å²) in [6.07, 6.45) is 0.874. The van der Waals surface area contributed by atoms with Gasteiger partial charge in [-0.2, -0.15) is 0 Å². The van der Waals surface area contributed by atoms with Crippen LogP contribution in [0.5, 0.6) is 0 Å². The van der Waals surface area contributed by atoms with E-state index in [1.807, 2.05) is 0 Å². The third-order valence-corrected chi connectivity index (χ3v) is 4.83. The van der Waals surface area contributed by atoms with Crippen molar-refractivity contribution in [1.29, 1.82) is 0 Å². The molecular formula is C7H4BrCl3S. The molecule has 0 fully saturated rings. The maximum Gasteiger partial charge on any atom is 0.0994 e. The van der Waals surface area contributed by atoms with Crippen LogP contribution in [0.1, 0.15) is 27.8 Å². The fraction of sp³-hybridized carbons (Fsp3) is 0.429. The van der Waals surface area contributed by atoms with Crippen LogP contribution in [0.2, 0.25) is 8.67 Å². The molecule has 0 aromatic carbocycles. The monoisotopic (exact) mass is 304 g/mol. The average molecular weight is 306 g/mol. The van der Waals surface area contributed by atoms with Gasteiger partial charge < -0.3 is 0 Å². The molecule has 0 radical (unpaired) electrons. The van der Waals surface area contributed by atoms with Crippen LogP contribution in [0, 0.1) is 0 Å². The largest absolute Gasteiger partial charge is 0.118 e. The number of thiophene rings is 1. The molecule has 1 aromatic rings. The Kier molecular flexibility index (Phi) is 2.66. The number of halogens is 4. The lowest BCUT2D eigenvalue weighted by molar-refractivity contribution is 0.874. The predicted octanol–water partition coefficient (Wildman–Crippen LogP) is 5.17. The first-order chi connectivity index (χ1) is 5.61. The first-order valence-corrected chi connectivity index (χ1v) is 6.29. The summed E-state index contributed by atoms with van der Waals surface area (Å²) >= 11 is 23.0. The molecule has 0 unspecified atom stereocenters. The van der Waals surface area contributed by atoms with Crippen LogP contribution in [0.25, 0.3) is 0 Å². The van der Waals surface area contributed by atoms with E-state index in [0.717, 1.165) is 26.2 Å². The van der Waals surface area contributed by atoms with E-state index < -0.39 is 0 Å². The molecular weight excluding hydrogens is 302 g/mol. The van der Waals surface area contributed by atoms with Gasteiger partial charge in [-0.05, 0) is 6.42 Å². The van der Waals surface area contributed by atoms with Crippen molar-refractivity contribution in [1.82, 2.24) is 0 Å². The van der Waals surface area contributed by atoms with Gasteiger partial charge in [-0.15, -0.1) is 22.9 Å². The first kappa shape index (κ1) is 9.60. The molecule has 66 valence electrons. The number of rotatable bonds is 0. The molecule has 12 heavy (non-hydrogen) atoms. The molecule has 1 heterocycles. The highest BCUT2D eigenvalue weighted by Crippen LogP contribution is 2.55. The van der Waals surface area contributed by atoms with E-state index in [0.29, 0.717) is 0 Å². The van der Waals surface area contributed by atoms with Gasteiger partial charge in [0, 0.05) is 16.0 Å². The Morgan fingerprint density at radius 3 is 2.42 bits per heavy atom. The van der Waals surface area contributed by atoms with Gasteiger partial charge in [0.05, 0.1) is 14.0 Å². The van der Waals surface area contributed by atoms with Crippen molar-refractivity contribution in [3.63, 3.8) is 0 Å². The third kappa shape index (κ3) is 1.32. The van der Waals surface area contributed by atoms with Crippen LogP contribution in [0.4, 0.5) is 0 Å². The van der Waals surface area contributed by atoms with Crippen molar-refractivity contribution < 1.29 is 0 Å². The molecule has 0 aliphatic heterocycles. The standard InChI is InChI=1S/C7H4BrCl3S/c8-2-1-3(9)5-4(2)6(10)12-7(5)11/h2-3H,1H2/t2-,3+/m0/s1. The third-order valence-electron chi connectivity index (χ3n) is 1.93. The minimum Gasteiger partial charge on any atom is -0.118 e. The van der Waals surface area contributed by atoms with Gasteiger partial charge in [-0.3, -0.25) is 0 Å². The van der Waals surface area contributed by atoms with Gasteiger partial charge in [0.1, 0.15) is 0 Å². The lowest BCUT2D eigenvalue weighted by Crippen LogP contribution is -1.78. The maximum absolute atomic E-state index is 6.09. The highest BCUT2D eigenvalue weighted by molar-refractivity contribution is 9.09. The first-order valence-electron chi connectivity index (χ1n) is 3.37. The Bertz CT molecular complexity index is 294. The smallest absolute Gasteiger partial charge is 0.0994 e. The van der Waals surface area contributed by atoms with Crippen molar-refractivity contribution in [3.05, 3.63) is 19.8 Å². The second-order valence-corrected chi connectivity index (χ2v) is 6.50. The molecule has 0 saturated heterocycles. The zero-order valence-corrected chi connectivity index (χ0v) is 10.5. The Morgan fingerprint density at radius 1 is 1.25 bits per heavy atom. The van der Waals surface area contributed by atoms with Crippen LogP contribution < -0.4 is 0 Å². The lowest BCUT2D eigenvalue weighted by atomic mass is 10.2. The van der Waals surface area contributed by atoms with E-state index >= 15 is 0 Å². The molecule has 1 aromatic heterocycles. The number of hydrogen-bond donors (Lipinski definition) is 0. The lowest BCUT2D eigenvalue weighted by Gasteiger charge is -1.99. The molecule has 0 spiro atoms. The van der Waals surface area contributed by atoms with E-state index in [1.54, 1.807) is 0 Å². The second kappa shape index (κ2) is 3.32. The van der Waals surface area contributed by atoms with Gasteiger partial charge in [0.2, 0.25) is 0 Å². The number of alkyl halides is 2. The zero-order chi connectivity index (χ0) is 8.88. The summed E-state index contributed by atoms with van der Waals surface area (Å²) in [5.41, 5.74) is 2.11. The van der Waals surface area contributed by atoms with Crippen LogP contribution in [0.3, 0.4) is 0 Å². The normalized spacial score (nSPS) is 27.7. The molecule has 1 aliphatic carbocycles. The highest BCUT2D eigenvalue weighted by Gasteiger charge is 2.34. The predicted molar refractivity (Wildman–Crippen MR) is 59.2 cm³/mol. The van der Waals surface area contributed by atoms with E-state index in [1.165, 1.54) is 11.3 Å². The Labute approximate surface area is 97.9 Å². The average Bonchev–Trinajstić information content (AvgIpc) is 2.38. The van der Waals surface area contributed by atoms with E-state index in [9.17, 15) is 0 Å². The molecule has 0 bridgehead atoms. The molecule has 2 rings (SSSR count). The quantitative estimate of drug-likeness (QED) is 0.580. The molecule has 1 aliphatic rings. The number of fused-ring (bicyclic) bond motifs is 1. The van der Waals surface area contributed by atoms with Gasteiger partial charge in [0.25, 0.3) is 0 Å². The molecule has 0 saturated carbocycles. The summed E-state index contributed by atoms with van der Waals surface area (Å²) in [5.74, 6) is 0. The second-order valence-electron chi connectivity index (χ2n) is 2.65. The summed E-state index contributed by atoms with van der Waals surface area (Å²) in [7, 11) is 0. The summed E-state index contributed by atoms with van der Waals surface area (Å²) in [6, 6.07) is 0. The van der Waals surface area contributed by atoms with Gasteiger partial charge in [-0.1, -0.05) is 39.1 Å². The van der Waals surface area contributed by atoms with Gasteiger partial charge in [-0.25, -0.2) is 0 Å². The molecule has 5 heteroatoms. The molecule has 0 nitrogen and oxygen atoms in total. The number of hydrogen-bond acceptors (Lipinski definition) is 1. The Hall–Kier alpha value is 1.05. The highest BCUT2D eigenvalue weighted by atomic mass is 79.9. The zero-order valence-electron chi connectivity index (χ0n) is 5.78. The van der Waals surface area contributed by atoms with E-state index in [2.05, 4.69) is 15.9 Å². The minimum atomic E-state index is 0.0145. The SMILES string of the molecule is Clc1sc(Cl)c2c1[C@H](Cl)C[C@@H]2Br. The van der Waals surface area contributed by atoms with Gasteiger partial charge in [0.15, 0.2) is 0 Å². The summed E-state index contributed by atoms with van der Waals surface area (Å²) in [5, 5.41) is 0.0145. The molecule has 0 amide bonds. The maximum atomic E-state index is 6.09. The molecule has 2 atom stereocenters. The fourth-order valence-electron chi connectivity index (χ4n) is 1.40. The summed E-state index contributed by atoms with van der Waals surface area (Å²) in [4.78, 5) is 0.270. The van der Waals surface area contributed by atoms with Crippen LogP contribution in [-0.4, -0.2) is 0 Å². The van der Waals surface area contributed by atoms with Crippen molar-refractivity contribution in [2.24, 2.45) is 0 Å². The summed E-state index contributed by atoms with van der Waals surface area (Å²) in [6.45, 7) is 0. The Morgan fingerprint density at radius 2 is 1.83 bits per heavy atom. The summed E-state index contributed by atoms with van der Waals surface area (Å²) < 4.78 is 1.50. The van der Waals surface area contributed by atoms with Crippen molar-refractivity contribution in [2.45, 2.75) is 16.6 Å². The minimum absolute atomic E-state index is 0.0145. The van der Waals surface area contributed by atoms with Crippen molar-refractivity contribution >= 4 is 62.1 Å². The van der Waals surface area contributed by atoms with Gasteiger partial charge >= 0.3 is 0 Å². The van der Waals surface area contributed by atoms with Crippen molar-refractivity contribution in [3.8, 4) is 0 Å².